The summed E-state index contributed by atoms with van der Waals surface area (Å²) in [6.45, 7) is 1.48. The van der Waals surface area contributed by atoms with Gasteiger partial charge in [0.25, 0.3) is 5.91 Å². The van der Waals surface area contributed by atoms with E-state index in [1.807, 2.05) is 6.07 Å². The Bertz CT molecular complexity index is 801. The molecule has 1 unspecified atom stereocenters. The predicted molar refractivity (Wildman–Crippen MR) is 96.2 cm³/mol. The third-order valence-corrected chi connectivity index (χ3v) is 5.51. The number of nitrogens with two attached hydrogens (primary N) is 2. The van der Waals surface area contributed by atoms with Gasteiger partial charge < -0.3 is 21.3 Å². The molecule has 128 valence electrons. The Kier molecular flexibility index (Phi) is 4.31. The summed E-state index contributed by atoms with van der Waals surface area (Å²) in [5, 5.41) is 0.759. The SMILES string of the molecule is CN(C)C(=O)C1CCCN(c2ccnc3sc(C(N)=O)c(N)c23)C1. The van der Waals surface area contributed by atoms with Crippen molar-refractivity contribution in [3.63, 3.8) is 0 Å². The Morgan fingerprint density at radius 2 is 2.17 bits per heavy atom. The van der Waals surface area contributed by atoms with Crippen LogP contribution in [0.15, 0.2) is 12.3 Å². The fourth-order valence-electron chi connectivity index (χ4n) is 3.24. The number of rotatable bonds is 3. The third kappa shape index (κ3) is 2.77. The maximum absolute atomic E-state index is 12.3. The van der Waals surface area contributed by atoms with Gasteiger partial charge >= 0.3 is 0 Å². The Hall–Kier alpha value is -2.35. The number of fused-ring (bicyclic) bond motifs is 1. The van der Waals surface area contributed by atoms with E-state index in [2.05, 4.69) is 9.88 Å². The predicted octanol–water partition coefficient (Wildman–Crippen LogP) is 1.28. The monoisotopic (exact) mass is 347 g/mol. The maximum Gasteiger partial charge on any atom is 0.260 e. The number of nitrogen functional groups attached to an aromatic ring is 1. The molecule has 3 heterocycles. The van der Waals surface area contributed by atoms with Gasteiger partial charge in [-0.1, -0.05) is 0 Å². The highest BCUT2D eigenvalue weighted by molar-refractivity contribution is 7.21. The van der Waals surface area contributed by atoms with Crippen LogP contribution in [0.5, 0.6) is 0 Å². The van der Waals surface area contributed by atoms with Crippen molar-refractivity contribution in [1.82, 2.24) is 9.88 Å². The quantitative estimate of drug-likeness (QED) is 0.870. The summed E-state index contributed by atoms with van der Waals surface area (Å²) < 4.78 is 0. The van der Waals surface area contributed by atoms with Gasteiger partial charge in [-0.2, -0.15) is 0 Å². The van der Waals surface area contributed by atoms with Gasteiger partial charge in [-0.15, -0.1) is 11.3 Å². The van der Waals surface area contributed by atoms with E-state index in [1.54, 1.807) is 25.2 Å². The standard InChI is InChI=1S/C16H21N5O2S/c1-20(2)16(23)9-4-3-7-21(8-9)10-5-6-19-15-11(10)12(17)13(24-15)14(18)22/h5-6,9H,3-4,7-8,17H2,1-2H3,(H2,18,22). The van der Waals surface area contributed by atoms with Crippen LogP contribution in [-0.4, -0.2) is 48.9 Å². The second kappa shape index (κ2) is 6.27. The first kappa shape index (κ1) is 16.5. The van der Waals surface area contributed by atoms with Crippen LogP contribution >= 0.6 is 11.3 Å². The molecule has 8 heteroatoms. The molecule has 4 N–H and O–H groups in total. The van der Waals surface area contributed by atoms with Crippen molar-refractivity contribution < 1.29 is 9.59 Å². The molecule has 1 aliphatic rings. The highest BCUT2D eigenvalue weighted by atomic mass is 32.1. The van der Waals surface area contributed by atoms with E-state index in [0.717, 1.165) is 30.5 Å². The second-order valence-corrected chi connectivity index (χ2v) is 7.24. The number of aromatic nitrogens is 1. The van der Waals surface area contributed by atoms with Crippen LogP contribution in [0.3, 0.4) is 0 Å². The molecule has 0 saturated carbocycles. The number of nitrogens with zero attached hydrogens (tertiary/aromatic N) is 3. The zero-order valence-electron chi connectivity index (χ0n) is 13.8. The molecule has 1 saturated heterocycles. The average Bonchev–Trinajstić information content (AvgIpc) is 2.91. The minimum absolute atomic E-state index is 0.0348. The van der Waals surface area contributed by atoms with Gasteiger partial charge in [-0.3, -0.25) is 9.59 Å². The highest BCUT2D eigenvalue weighted by Gasteiger charge is 2.29. The number of carbonyl (C=O) groups is 2. The van der Waals surface area contributed by atoms with E-state index in [9.17, 15) is 9.59 Å². The number of piperidine rings is 1. The number of hydrogen-bond donors (Lipinski definition) is 2. The van der Waals surface area contributed by atoms with Crippen LogP contribution < -0.4 is 16.4 Å². The Morgan fingerprint density at radius 3 is 2.83 bits per heavy atom. The second-order valence-electron chi connectivity index (χ2n) is 6.24. The van der Waals surface area contributed by atoms with Gasteiger partial charge in [0.2, 0.25) is 5.91 Å². The first-order valence-electron chi connectivity index (χ1n) is 7.83. The van der Waals surface area contributed by atoms with Crippen molar-refractivity contribution >= 4 is 44.7 Å². The van der Waals surface area contributed by atoms with Gasteiger partial charge in [0.1, 0.15) is 9.71 Å². The molecule has 1 aliphatic heterocycles. The smallest absolute Gasteiger partial charge is 0.260 e. The van der Waals surface area contributed by atoms with E-state index >= 15 is 0 Å². The number of primary amides is 1. The Labute approximate surface area is 144 Å². The van der Waals surface area contributed by atoms with Crippen molar-refractivity contribution in [3.8, 4) is 0 Å². The van der Waals surface area contributed by atoms with Crippen molar-refractivity contribution in [3.05, 3.63) is 17.1 Å². The zero-order chi connectivity index (χ0) is 17.4. The summed E-state index contributed by atoms with van der Waals surface area (Å²) in [5.41, 5.74) is 12.9. The molecule has 0 radical (unpaired) electrons. The summed E-state index contributed by atoms with van der Waals surface area (Å²) in [5.74, 6) is -0.436. The maximum atomic E-state index is 12.3. The molecule has 7 nitrogen and oxygen atoms in total. The van der Waals surface area contributed by atoms with Crippen LogP contribution in [-0.2, 0) is 4.79 Å². The molecule has 0 spiro atoms. The summed E-state index contributed by atoms with van der Waals surface area (Å²) >= 11 is 1.21. The molecule has 24 heavy (non-hydrogen) atoms. The van der Waals surface area contributed by atoms with E-state index in [-0.39, 0.29) is 11.8 Å². The lowest BCUT2D eigenvalue weighted by Crippen LogP contribution is -2.42. The molecule has 2 amide bonds. The third-order valence-electron chi connectivity index (χ3n) is 4.38. The number of amides is 2. The molecular formula is C16H21N5O2S. The number of pyridine rings is 1. The van der Waals surface area contributed by atoms with Gasteiger partial charge in [0.15, 0.2) is 0 Å². The molecule has 1 fully saturated rings. The minimum atomic E-state index is -0.541. The van der Waals surface area contributed by atoms with Gasteiger partial charge in [0, 0.05) is 33.4 Å². The first-order chi connectivity index (χ1) is 11.4. The Balaban J connectivity index is 2.00. The average molecular weight is 347 g/mol. The van der Waals surface area contributed by atoms with Crippen LogP contribution in [0, 0.1) is 5.92 Å². The largest absolute Gasteiger partial charge is 0.397 e. The highest BCUT2D eigenvalue weighted by Crippen LogP contribution is 2.39. The molecule has 2 aromatic rings. The van der Waals surface area contributed by atoms with Gasteiger partial charge in [-0.05, 0) is 18.9 Å². The fourth-order valence-corrected chi connectivity index (χ4v) is 4.17. The van der Waals surface area contributed by atoms with Gasteiger partial charge in [-0.25, -0.2) is 4.98 Å². The zero-order valence-corrected chi connectivity index (χ0v) is 14.6. The normalized spacial score (nSPS) is 17.9. The number of anilines is 2. The Morgan fingerprint density at radius 1 is 1.42 bits per heavy atom. The lowest BCUT2D eigenvalue weighted by molar-refractivity contribution is -0.133. The lowest BCUT2D eigenvalue weighted by atomic mass is 9.96. The van der Waals surface area contributed by atoms with Crippen LogP contribution in [0.2, 0.25) is 0 Å². The summed E-state index contributed by atoms with van der Waals surface area (Å²) in [4.78, 5) is 33.0. The van der Waals surface area contributed by atoms with Crippen molar-refractivity contribution in [1.29, 1.82) is 0 Å². The van der Waals surface area contributed by atoms with Crippen molar-refractivity contribution in [2.45, 2.75) is 12.8 Å². The summed E-state index contributed by atoms with van der Waals surface area (Å²) in [7, 11) is 3.56. The van der Waals surface area contributed by atoms with Crippen LogP contribution in [0.25, 0.3) is 10.2 Å². The number of hydrogen-bond acceptors (Lipinski definition) is 6. The van der Waals surface area contributed by atoms with E-state index in [0.29, 0.717) is 21.9 Å². The van der Waals surface area contributed by atoms with E-state index < -0.39 is 5.91 Å². The lowest BCUT2D eigenvalue weighted by Gasteiger charge is -2.35. The van der Waals surface area contributed by atoms with Crippen molar-refractivity contribution in [2.75, 3.05) is 37.8 Å². The molecular weight excluding hydrogens is 326 g/mol. The fraction of sp³-hybridized carbons (Fsp3) is 0.438. The van der Waals surface area contributed by atoms with E-state index in [4.69, 9.17) is 11.5 Å². The molecule has 0 aromatic carbocycles. The molecule has 3 rings (SSSR count). The van der Waals surface area contributed by atoms with Crippen LogP contribution in [0.4, 0.5) is 11.4 Å². The summed E-state index contributed by atoms with van der Waals surface area (Å²) in [6.07, 6.45) is 3.52. The first-order valence-corrected chi connectivity index (χ1v) is 8.64. The van der Waals surface area contributed by atoms with Gasteiger partial charge in [0.05, 0.1) is 22.7 Å². The molecule has 1 atom stereocenters. The van der Waals surface area contributed by atoms with Crippen molar-refractivity contribution in [2.24, 2.45) is 11.7 Å². The van der Waals surface area contributed by atoms with E-state index in [1.165, 1.54) is 11.3 Å². The molecule has 0 bridgehead atoms. The van der Waals surface area contributed by atoms with Crippen LogP contribution in [0.1, 0.15) is 22.5 Å². The molecule has 2 aromatic heterocycles. The molecule has 0 aliphatic carbocycles. The minimum Gasteiger partial charge on any atom is -0.397 e. The number of thiophene rings is 1. The topological polar surface area (TPSA) is 106 Å². The number of carbonyl (C=O) groups excluding carboxylic acids is 2. The summed E-state index contributed by atoms with van der Waals surface area (Å²) in [6, 6.07) is 1.89.